The molecule has 0 amide bonds. The molecular weight excluding hydrogens is 306 g/mol. The van der Waals surface area contributed by atoms with Gasteiger partial charge in [0.2, 0.25) is 0 Å². The van der Waals surface area contributed by atoms with Gasteiger partial charge in [0.25, 0.3) is 0 Å². The van der Waals surface area contributed by atoms with E-state index in [-0.39, 0.29) is 18.0 Å². The highest BCUT2D eigenvalue weighted by atomic mass is 16.5. The fourth-order valence-electron chi connectivity index (χ4n) is 3.54. The predicted octanol–water partition coefficient (Wildman–Crippen LogP) is 2.57. The van der Waals surface area contributed by atoms with E-state index in [1.54, 1.807) is 14.0 Å². The Labute approximate surface area is 144 Å². The monoisotopic (exact) mass is 335 g/mol. The van der Waals surface area contributed by atoms with Crippen molar-refractivity contribution in [1.29, 1.82) is 0 Å². The van der Waals surface area contributed by atoms with Crippen LogP contribution in [-0.2, 0) is 15.1 Å². The SMILES string of the molecule is CCC(=O)O[C@H]1CC[C@H](CN(C)C)[C@@](O)(c2cccc(OC)c2)C1. The molecule has 0 radical (unpaired) electrons. The summed E-state index contributed by atoms with van der Waals surface area (Å²) in [5, 5.41) is 11.6. The van der Waals surface area contributed by atoms with Crippen molar-refractivity contribution < 1.29 is 19.4 Å². The number of nitrogens with zero attached hydrogens (tertiary/aromatic N) is 1. The molecule has 1 aliphatic carbocycles. The van der Waals surface area contributed by atoms with E-state index in [1.807, 2.05) is 38.4 Å². The van der Waals surface area contributed by atoms with E-state index in [2.05, 4.69) is 4.90 Å². The zero-order chi connectivity index (χ0) is 17.7. The van der Waals surface area contributed by atoms with Gasteiger partial charge in [-0.15, -0.1) is 0 Å². The lowest BCUT2D eigenvalue weighted by molar-refractivity contribution is -0.161. The smallest absolute Gasteiger partial charge is 0.305 e. The highest BCUT2D eigenvalue weighted by molar-refractivity contribution is 5.69. The minimum absolute atomic E-state index is 0.0798. The average Bonchev–Trinajstić information content (AvgIpc) is 2.57. The van der Waals surface area contributed by atoms with Crippen LogP contribution < -0.4 is 4.74 Å². The minimum Gasteiger partial charge on any atom is -0.497 e. The molecule has 0 spiro atoms. The number of benzene rings is 1. The molecule has 2 rings (SSSR count). The van der Waals surface area contributed by atoms with E-state index < -0.39 is 5.60 Å². The summed E-state index contributed by atoms with van der Waals surface area (Å²) in [5.74, 6) is 0.590. The quantitative estimate of drug-likeness (QED) is 0.810. The lowest BCUT2D eigenvalue weighted by Gasteiger charge is -2.44. The van der Waals surface area contributed by atoms with Crippen molar-refractivity contribution >= 4 is 5.97 Å². The van der Waals surface area contributed by atoms with Crippen LogP contribution in [0.2, 0.25) is 0 Å². The summed E-state index contributed by atoms with van der Waals surface area (Å²) in [7, 11) is 5.64. The summed E-state index contributed by atoms with van der Waals surface area (Å²) in [6.45, 7) is 2.57. The molecule has 5 heteroatoms. The maximum atomic E-state index is 11.7. The lowest BCUT2D eigenvalue weighted by atomic mass is 9.70. The Morgan fingerprint density at radius 2 is 2.12 bits per heavy atom. The van der Waals surface area contributed by atoms with Gasteiger partial charge in [0.05, 0.1) is 12.7 Å². The van der Waals surface area contributed by atoms with Crippen molar-refractivity contribution in [1.82, 2.24) is 4.90 Å². The lowest BCUT2D eigenvalue weighted by Crippen LogP contribution is -2.47. The summed E-state index contributed by atoms with van der Waals surface area (Å²) in [5.41, 5.74) is -0.207. The van der Waals surface area contributed by atoms with Crippen LogP contribution in [0.1, 0.15) is 38.2 Å². The summed E-state index contributed by atoms with van der Waals surface area (Å²) in [4.78, 5) is 13.7. The van der Waals surface area contributed by atoms with Crippen LogP contribution in [0.5, 0.6) is 5.75 Å². The Bertz CT molecular complexity index is 560. The fourth-order valence-corrected chi connectivity index (χ4v) is 3.54. The van der Waals surface area contributed by atoms with Crippen LogP contribution in [-0.4, -0.2) is 49.8 Å². The van der Waals surface area contributed by atoms with Crippen molar-refractivity contribution in [2.24, 2.45) is 5.92 Å². The van der Waals surface area contributed by atoms with E-state index in [0.717, 1.165) is 30.7 Å². The number of aliphatic hydroxyl groups is 1. The summed E-state index contributed by atoms with van der Waals surface area (Å²) in [6.07, 6.45) is 2.14. The van der Waals surface area contributed by atoms with Gasteiger partial charge >= 0.3 is 5.97 Å². The largest absolute Gasteiger partial charge is 0.497 e. The third-order valence-electron chi connectivity index (χ3n) is 4.79. The Balaban J connectivity index is 2.30. The molecule has 0 aliphatic heterocycles. The van der Waals surface area contributed by atoms with E-state index in [1.165, 1.54) is 0 Å². The maximum absolute atomic E-state index is 11.7. The molecule has 1 N–H and O–H groups in total. The maximum Gasteiger partial charge on any atom is 0.305 e. The summed E-state index contributed by atoms with van der Waals surface area (Å²) >= 11 is 0. The molecule has 1 aromatic carbocycles. The van der Waals surface area contributed by atoms with Crippen LogP contribution in [0.3, 0.4) is 0 Å². The molecular formula is C19H29NO4. The van der Waals surface area contributed by atoms with Crippen molar-refractivity contribution in [3.05, 3.63) is 29.8 Å². The Morgan fingerprint density at radius 3 is 2.75 bits per heavy atom. The van der Waals surface area contributed by atoms with Crippen molar-refractivity contribution in [3.8, 4) is 5.75 Å². The first-order chi connectivity index (χ1) is 11.4. The third kappa shape index (κ3) is 4.28. The highest BCUT2D eigenvalue weighted by Crippen LogP contribution is 2.43. The number of methoxy groups -OCH3 is 1. The molecule has 1 saturated carbocycles. The molecule has 0 unspecified atom stereocenters. The second kappa shape index (κ2) is 7.99. The molecule has 0 saturated heterocycles. The number of hydrogen-bond acceptors (Lipinski definition) is 5. The predicted molar refractivity (Wildman–Crippen MR) is 93.0 cm³/mol. The molecule has 0 bridgehead atoms. The Hall–Kier alpha value is -1.59. The second-order valence-electron chi connectivity index (χ2n) is 6.86. The molecule has 24 heavy (non-hydrogen) atoms. The van der Waals surface area contributed by atoms with Crippen LogP contribution >= 0.6 is 0 Å². The van der Waals surface area contributed by atoms with E-state index >= 15 is 0 Å². The molecule has 1 aliphatic rings. The molecule has 0 heterocycles. The van der Waals surface area contributed by atoms with Crippen LogP contribution in [0.15, 0.2) is 24.3 Å². The van der Waals surface area contributed by atoms with Gasteiger partial charge in [-0.25, -0.2) is 0 Å². The number of carbonyl (C=O) groups excluding carboxylic acids is 1. The van der Waals surface area contributed by atoms with Gasteiger partial charge in [0.15, 0.2) is 0 Å². The minimum atomic E-state index is -1.03. The molecule has 0 aromatic heterocycles. The van der Waals surface area contributed by atoms with Gasteiger partial charge < -0.3 is 19.5 Å². The first-order valence-corrected chi connectivity index (χ1v) is 8.60. The van der Waals surface area contributed by atoms with Crippen LogP contribution in [0.4, 0.5) is 0 Å². The number of carbonyl (C=O) groups is 1. The molecule has 3 atom stereocenters. The third-order valence-corrected chi connectivity index (χ3v) is 4.79. The average molecular weight is 335 g/mol. The molecule has 1 aromatic rings. The van der Waals surface area contributed by atoms with Gasteiger partial charge in [-0.05, 0) is 44.6 Å². The van der Waals surface area contributed by atoms with Gasteiger partial charge in [0, 0.05) is 25.3 Å². The molecule has 5 nitrogen and oxygen atoms in total. The molecule has 134 valence electrons. The van der Waals surface area contributed by atoms with E-state index in [9.17, 15) is 9.90 Å². The van der Waals surface area contributed by atoms with Crippen molar-refractivity contribution in [2.75, 3.05) is 27.7 Å². The van der Waals surface area contributed by atoms with Gasteiger partial charge in [0.1, 0.15) is 11.9 Å². The van der Waals surface area contributed by atoms with Crippen LogP contribution in [0.25, 0.3) is 0 Å². The van der Waals surface area contributed by atoms with E-state index in [4.69, 9.17) is 9.47 Å². The standard InChI is InChI=1S/C19H29NO4/c1-5-18(21)24-17-10-9-15(13-20(2)3)19(22,12-17)14-7-6-8-16(11-14)23-4/h6-8,11,15,17,22H,5,9-10,12-13H2,1-4H3/t15-,17+,19+/m1/s1. The molecule has 1 fully saturated rings. The summed E-state index contributed by atoms with van der Waals surface area (Å²) in [6, 6.07) is 7.56. The fraction of sp³-hybridized carbons (Fsp3) is 0.632. The Morgan fingerprint density at radius 1 is 1.38 bits per heavy atom. The number of esters is 1. The zero-order valence-corrected chi connectivity index (χ0v) is 15.1. The van der Waals surface area contributed by atoms with E-state index in [0.29, 0.717) is 12.8 Å². The normalized spacial score (nSPS) is 27.1. The van der Waals surface area contributed by atoms with Gasteiger partial charge in [-0.2, -0.15) is 0 Å². The topological polar surface area (TPSA) is 59.0 Å². The highest BCUT2D eigenvalue weighted by Gasteiger charge is 2.45. The first kappa shape index (κ1) is 18.7. The van der Waals surface area contributed by atoms with Crippen molar-refractivity contribution in [3.63, 3.8) is 0 Å². The zero-order valence-electron chi connectivity index (χ0n) is 15.1. The Kier molecular flexibility index (Phi) is 6.24. The van der Waals surface area contributed by atoms with Crippen molar-refractivity contribution in [2.45, 2.75) is 44.3 Å². The van der Waals surface area contributed by atoms with Gasteiger partial charge in [-0.1, -0.05) is 19.1 Å². The number of rotatable bonds is 6. The summed E-state index contributed by atoms with van der Waals surface area (Å²) < 4.78 is 10.8. The number of ether oxygens (including phenoxy) is 2. The van der Waals surface area contributed by atoms with Gasteiger partial charge in [-0.3, -0.25) is 4.79 Å². The second-order valence-corrected chi connectivity index (χ2v) is 6.86. The number of hydrogen-bond donors (Lipinski definition) is 1. The first-order valence-electron chi connectivity index (χ1n) is 8.60. The van der Waals surface area contributed by atoms with Crippen LogP contribution in [0, 0.1) is 5.92 Å².